The van der Waals surface area contributed by atoms with Gasteiger partial charge in [0.05, 0.1) is 28.6 Å². The van der Waals surface area contributed by atoms with Crippen LogP contribution in [0.25, 0.3) is 22.4 Å². The van der Waals surface area contributed by atoms with E-state index in [-0.39, 0.29) is 28.5 Å². The predicted octanol–water partition coefficient (Wildman–Crippen LogP) is 2.60. The second kappa shape index (κ2) is 5.87. The third kappa shape index (κ3) is 3.05. The first-order chi connectivity index (χ1) is 12.3. The first-order valence-electron chi connectivity index (χ1n) is 7.91. The fourth-order valence-corrected chi connectivity index (χ4v) is 3.26. The number of pyridine rings is 1. The Morgan fingerprint density at radius 1 is 1.31 bits per heavy atom. The number of benzene rings is 1. The number of hydrogen-bond donors (Lipinski definition) is 1. The first-order valence-corrected chi connectivity index (χ1v) is 9.80. The number of aromatic nitrogens is 2. The zero-order chi connectivity index (χ0) is 18.5. The average molecular weight is 375 g/mol. The summed E-state index contributed by atoms with van der Waals surface area (Å²) in [4.78, 5) is 16.8. The molecular formula is C17H14FN3O4S. The summed E-state index contributed by atoms with van der Waals surface area (Å²) in [7, 11) is -3.77. The quantitative estimate of drug-likeness (QED) is 0.752. The molecule has 1 N–H and O–H groups in total. The summed E-state index contributed by atoms with van der Waals surface area (Å²) in [6.45, 7) is 0. The topological polar surface area (TPSA) is 102 Å². The van der Waals surface area contributed by atoms with E-state index >= 15 is 0 Å². The van der Waals surface area contributed by atoms with E-state index < -0.39 is 21.7 Å². The summed E-state index contributed by atoms with van der Waals surface area (Å²) in [6.07, 6.45) is 2.70. The molecule has 0 spiro atoms. The summed E-state index contributed by atoms with van der Waals surface area (Å²) in [5, 5.41) is 4.36. The first kappa shape index (κ1) is 16.6. The maximum atomic E-state index is 14.1. The van der Waals surface area contributed by atoms with Crippen LogP contribution in [-0.2, 0) is 10.0 Å². The molecule has 0 saturated heterocycles. The number of fused-ring (bicyclic) bond motifs is 1. The molecule has 7 nitrogen and oxygen atoms in total. The molecule has 1 aliphatic rings. The van der Waals surface area contributed by atoms with Crippen LogP contribution < -0.4 is 4.72 Å². The Hall–Kier alpha value is -2.81. The fraction of sp³-hybridized carbons (Fsp3) is 0.235. The number of carbonyl (C=O) groups is 1. The average Bonchev–Trinajstić information content (AvgIpc) is 3.32. The lowest BCUT2D eigenvalue weighted by Gasteiger charge is -2.08. The van der Waals surface area contributed by atoms with Crippen molar-refractivity contribution in [1.29, 1.82) is 0 Å². The smallest absolute Gasteiger partial charge is 0.265 e. The van der Waals surface area contributed by atoms with Crippen LogP contribution >= 0.6 is 0 Å². The molecule has 1 amide bonds. The highest BCUT2D eigenvalue weighted by atomic mass is 32.2. The van der Waals surface area contributed by atoms with Crippen molar-refractivity contribution in [1.82, 2.24) is 14.9 Å². The van der Waals surface area contributed by atoms with Crippen molar-refractivity contribution in [2.75, 3.05) is 6.26 Å². The molecule has 4 rings (SSSR count). The number of rotatable bonds is 4. The monoisotopic (exact) mass is 375 g/mol. The Bertz CT molecular complexity index is 1140. The number of halogens is 1. The van der Waals surface area contributed by atoms with Crippen molar-refractivity contribution < 1.29 is 22.1 Å². The highest BCUT2D eigenvalue weighted by Crippen LogP contribution is 2.43. The van der Waals surface area contributed by atoms with Gasteiger partial charge in [-0.05, 0) is 31.0 Å². The Morgan fingerprint density at radius 2 is 2.04 bits per heavy atom. The lowest BCUT2D eigenvalue weighted by molar-refractivity contribution is 0.0983. The Morgan fingerprint density at radius 3 is 2.69 bits per heavy atom. The maximum absolute atomic E-state index is 14.1. The molecule has 1 aromatic carbocycles. The molecule has 1 fully saturated rings. The van der Waals surface area contributed by atoms with E-state index in [0.717, 1.165) is 19.1 Å². The third-order valence-corrected chi connectivity index (χ3v) is 4.67. The zero-order valence-corrected chi connectivity index (χ0v) is 14.5. The van der Waals surface area contributed by atoms with Gasteiger partial charge in [-0.15, -0.1) is 0 Å². The van der Waals surface area contributed by atoms with Gasteiger partial charge in [0.2, 0.25) is 10.0 Å². The standard InChI is InChI=1S/C17H14FN3O4S/c1-26(23,24)21-16(22)11-8-13(10-4-2-3-5-12(10)18)19-17-14(11)15(20-25-17)9-6-7-9/h2-5,8-9H,6-7H2,1H3,(H,21,22). The molecule has 0 bridgehead atoms. The van der Waals surface area contributed by atoms with E-state index in [1.807, 2.05) is 4.72 Å². The number of nitrogens with one attached hydrogen (secondary N) is 1. The molecule has 0 radical (unpaired) electrons. The van der Waals surface area contributed by atoms with Crippen LogP contribution in [0.5, 0.6) is 0 Å². The fourth-order valence-electron chi connectivity index (χ4n) is 2.82. The molecular weight excluding hydrogens is 361 g/mol. The number of hydrogen-bond acceptors (Lipinski definition) is 6. The van der Waals surface area contributed by atoms with Gasteiger partial charge in [-0.3, -0.25) is 4.79 Å². The largest absolute Gasteiger partial charge is 0.335 e. The number of nitrogens with zero attached hydrogens (tertiary/aromatic N) is 2. The van der Waals surface area contributed by atoms with Gasteiger partial charge in [0.15, 0.2) is 0 Å². The van der Waals surface area contributed by atoms with E-state index in [4.69, 9.17) is 4.52 Å². The third-order valence-electron chi connectivity index (χ3n) is 4.11. The zero-order valence-electron chi connectivity index (χ0n) is 13.7. The summed E-state index contributed by atoms with van der Waals surface area (Å²) in [6, 6.07) is 7.32. The molecule has 0 aliphatic heterocycles. The van der Waals surface area contributed by atoms with Crippen molar-refractivity contribution >= 4 is 27.0 Å². The number of sulfonamides is 1. The van der Waals surface area contributed by atoms with Crippen molar-refractivity contribution in [3.63, 3.8) is 0 Å². The highest BCUT2D eigenvalue weighted by molar-refractivity contribution is 7.89. The van der Waals surface area contributed by atoms with Crippen LogP contribution in [0.3, 0.4) is 0 Å². The van der Waals surface area contributed by atoms with Crippen LogP contribution in [0.2, 0.25) is 0 Å². The second-order valence-corrected chi connectivity index (χ2v) is 8.01. The van der Waals surface area contributed by atoms with Gasteiger partial charge in [-0.25, -0.2) is 22.5 Å². The summed E-state index contributed by atoms with van der Waals surface area (Å²) < 4.78 is 44.3. The van der Waals surface area contributed by atoms with Crippen LogP contribution in [0.15, 0.2) is 34.9 Å². The minimum atomic E-state index is -3.77. The lowest BCUT2D eigenvalue weighted by atomic mass is 10.0. The van der Waals surface area contributed by atoms with Gasteiger partial charge in [0.25, 0.3) is 11.6 Å². The molecule has 1 aliphatic carbocycles. The minimum absolute atomic E-state index is 0.0434. The molecule has 9 heteroatoms. The van der Waals surface area contributed by atoms with E-state index in [9.17, 15) is 17.6 Å². The summed E-state index contributed by atoms with van der Waals surface area (Å²) in [5.41, 5.74) is 1.03. The molecule has 2 heterocycles. The summed E-state index contributed by atoms with van der Waals surface area (Å²) in [5.74, 6) is -1.19. The molecule has 0 unspecified atom stereocenters. The van der Waals surface area contributed by atoms with Crippen molar-refractivity contribution in [3.05, 3.63) is 47.4 Å². The van der Waals surface area contributed by atoms with Crippen LogP contribution in [0.4, 0.5) is 4.39 Å². The second-order valence-electron chi connectivity index (χ2n) is 6.26. The Kier molecular flexibility index (Phi) is 3.76. The number of carbonyl (C=O) groups excluding carboxylic acids is 1. The molecule has 0 atom stereocenters. The molecule has 3 aromatic rings. The van der Waals surface area contributed by atoms with Crippen molar-refractivity contribution in [3.8, 4) is 11.3 Å². The van der Waals surface area contributed by atoms with Crippen molar-refractivity contribution in [2.45, 2.75) is 18.8 Å². The molecule has 2 aromatic heterocycles. The van der Waals surface area contributed by atoms with Gasteiger partial charge in [0.1, 0.15) is 5.82 Å². The minimum Gasteiger partial charge on any atom is -0.335 e. The Labute approximate surface area is 148 Å². The van der Waals surface area contributed by atoms with E-state index in [0.29, 0.717) is 11.1 Å². The van der Waals surface area contributed by atoms with E-state index in [2.05, 4.69) is 10.1 Å². The predicted molar refractivity (Wildman–Crippen MR) is 91.5 cm³/mol. The highest BCUT2D eigenvalue weighted by Gasteiger charge is 2.32. The molecule has 26 heavy (non-hydrogen) atoms. The normalized spacial score (nSPS) is 14.5. The van der Waals surface area contributed by atoms with Gasteiger partial charge in [-0.1, -0.05) is 17.3 Å². The van der Waals surface area contributed by atoms with Crippen LogP contribution in [0.1, 0.15) is 34.8 Å². The van der Waals surface area contributed by atoms with Gasteiger partial charge < -0.3 is 4.52 Å². The molecule has 1 saturated carbocycles. The maximum Gasteiger partial charge on any atom is 0.265 e. The van der Waals surface area contributed by atoms with Crippen LogP contribution in [-0.4, -0.2) is 30.7 Å². The SMILES string of the molecule is CS(=O)(=O)NC(=O)c1cc(-c2ccccc2F)nc2onc(C3CC3)c12. The Balaban J connectivity index is 1.95. The number of amides is 1. The van der Waals surface area contributed by atoms with Gasteiger partial charge in [-0.2, -0.15) is 0 Å². The van der Waals surface area contributed by atoms with Crippen molar-refractivity contribution in [2.24, 2.45) is 0 Å². The lowest BCUT2D eigenvalue weighted by Crippen LogP contribution is -2.29. The van der Waals surface area contributed by atoms with E-state index in [1.54, 1.807) is 6.07 Å². The van der Waals surface area contributed by atoms with Gasteiger partial charge >= 0.3 is 0 Å². The van der Waals surface area contributed by atoms with E-state index in [1.165, 1.54) is 24.3 Å². The summed E-state index contributed by atoms with van der Waals surface area (Å²) >= 11 is 0. The molecule has 134 valence electrons. The van der Waals surface area contributed by atoms with Crippen LogP contribution in [0, 0.1) is 5.82 Å². The van der Waals surface area contributed by atoms with Gasteiger partial charge in [0, 0.05) is 11.5 Å².